The average Bonchev–Trinajstić information content (AvgIpc) is 2.71. The zero-order valence-electron chi connectivity index (χ0n) is 14.8. The van der Waals surface area contributed by atoms with Crippen molar-refractivity contribution in [2.45, 2.75) is 25.4 Å². The number of rotatable bonds is 3. The molecule has 2 aliphatic heterocycles. The van der Waals surface area contributed by atoms with Gasteiger partial charge < -0.3 is 15.1 Å². The van der Waals surface area contributed by atoms with Crippen LogP contribution in [0.2, 0.25) is 0 Å². The largest absolute Gasteiger partial charge is 0.372 e. The smallest absolute Gasteiger partial charge is 0.258 e. The fourth-order valence-electron chi connectivity index (χ4n) is 3.84. The van der Waals surface area contributed by atoms with Crippen LogP contribution in [0.15, 0.2) is 48.5 Å². The zero-order chi connectivity index (χ0) is 17.9. The Kier molecular flexibility index (Phi) is 4.53. The lowest BCUT2D eigenvalue weighted by atomic mass is 10.0. The number of benzene rings is 2. The van der Waals surface area contributed by atoms with Gasteiger partial charge in [0.1, 0.15) is 6.17 Å². The van der Waals surface area contributed by atoms with Crippen LogP contribution in [0.25, 0.3) is 0 Å². The lowest BCUT2D eigenvalue weighted by Gasteiger charge is -2.37. The predicted octanol–water partition coefficient (Wildman–Crippen LogP) is 3.88. The summed E-state index contributed by atoms with van der Waals surface area (Å²) < 4.78 is 0. The van der Waals surface area contributed by atoms with E-state index in [0.717, 1.165) is 24.3 Å². The lowest BCUT2D eigenvalue weighted by molar-refractivity contribution is 0.0711. The molecular weight excluding hydrogens is 322 g/mol. The normalized spacial score (nSPS) is 19.5. The maximum atomic E-state index is 12.9. The number of fused-ring (bicyclic) bond motifs is 1. The summed E-state index contributed by atoms with van der Waals surface area (Å²) in [4.78, 5) is 17.0. The van der Waals surface area contributed by atoms with E-state index in [2.05, 4.69) is 40.4 Å². The van der Waals surface area contributed by atoms with Crippen LogP contribution in [0, 0.1) is 12.3 Å². The van der Waals surface area contributed by atoms with Crippen LogP contribution in [-0.2, 0) is 0 Å². The number of carbonyl (C=O) groups is 1. The van der Waals surface area contributed by atoms with Crippen molar-refractivity contribution in [3.63, 3.8) is 0 Å². The molecule has 2 aromatic carbocycles. The molecule has 0 bridgehead atoms. The molecule has 1 amide bonds. The van der Waals surface area contributed by atoms with Gasteiger partial charge in [-0.2, -0.15) is 0 Å². The summed E-state index contributed by atoms with van der Waals surface area (Å²) in [6, 6.07) is 16.1. The first-order valence-electron chi connectivity index (χ1n) is 9.23. The second-order valence-electron chi connectivity index (χ2n) is 6.87. The molecule has 0 aliphatic carbocycles. The van der Waals surface area contributed by atoms with Crippen molar-refractivity contribution in [3.05, 3.63) is 59.7 Å². The minimum Gasteiger partial charge on any atom is -0.372 e. The molecular formula is C22H23N3O. The van der Waals surface area contributed by atoms with Gasteiger partial charge in [-0.15, -0.1) is 6.42 Å². The number of para-hydroxylation sites is 1. The van der Waals surface area contributed by atoms with E-state index in [1.807, 2.05) is 24.3 Å². The van der Waals surface area contributed by atoms with Crippen LogP contribution in [0.5, 0.6) is 0 Å². The average molecular weight is 345 g/mol. The number of terminal acetylenes is 1. The van der Waals surface area contributed by atoms with E-state index >= 15 is 0 Å². The van der Waals surface area contributed by atoms with Crippen LogP contribution in [0.4, 0.5) is 11.4 Å². The number of hydrogen-bond donors (Lipinski definition) is 1. The molecule has 1 atom stereocenters. The van der Waals surface area contributed by atoms with Gasteiger partial charge >= 0.3 is 0 Å². The summed E-state index contributed by atoms with van der Waals surface area (Å²) in [6.45, 7) is 2.52. The van der Waals surface area contributed by atoms with Crippen molar-refractivity contribution in [1.29, 1.82) is 0 Å². The van der Waals surface area contributed by atoms with Crippen molar-refractivity contribution < 1.29 is 4.79 Å². The van der Waals surface area contributed by atoms with Crippen LogP contribution in [0.1, 0.15) is 41.3 Å². The van der Waals surface area contributed by atoms with Gasteiger partial charge in [0.15, 0.2) is 0 Å². The molecule has 2 aliphatic rings. The van der Waals surface area contributed by atoms with Crippen molar-refractivity contribution in [3.8, 4) is 12.3 Å². The summed E-state index contributed by atoms with van der Waals surface area (Å²) in [7, 11) is 0. The summed E-state index contributed by atoms with van der Waals surface area (Å²) in [5, 5.41) is 3.47. The molecule has 132 valence electrons. The Labute approximate surface area is 154 Å². The minimum atomic E-state index is -0.246. The topological polar surface area (TPSA) is 35.6 Å². The van der Waals surface area contributed by atoms with Crippen LogP contribution in [0.3, 0.4) is 0 Å². The van der Waals surface area contributed by atoms with Crippen LogP contribution in [-0.4, -0.2) is 30.4 Å². The number of hydrogen-bond acceptors (Lipinski definition) is 3. The summed E-state index contributed by atoms with van der Waals surface area (Å²) in [6.07, 6.45) is 9.12. The lowest BCUT2D eigenvalue weighted by Crippen LogP contribution is -2.43. The zero-order valence-corrected chi connectivity index (χ0v) is 14.8. The molecule has 1 saturated heterocycles. The Bertz CT molecular complexity index is 831. The Morgan fingerprint density at radius 1 is 1.04 bits per heavy atom. The van der Waals surface area contributed by atoms with Gasteiger partial charge in [0.25, 0.3) is 5.91 Å². The van der Waals surface area contributed by atoms with E-state index in [9.17, 15) is 4.79 Å². The monoisotopic (exact) mass is 345 g/mol. The molecule has 4 nitrogen and oxygen atoms in total. The van der Waals surface area contributed by atoms with Crippen molar-refractivity contribution in [2.24, 2.45) is 0 Å². The highest BCUT2D eigenvalue weighted by atomic mass is 16.2. The molecule has 2 heterocycles. The summed E-state index contributed by atoms with van der Waals surface area (Å²) in [5.74, 6) is 2.59. The van der Waals surface area contributed by atoms with Crippen molar-refractivity contribution in [2.75, 3.05) is 29.9 Å². The molecule has 1 unspecified atom stereocenters. The standard InChI is InChI=1S/C22H23N3O/c1-2-14-25-21(23-20-9-5-4-8-19(20)22(25)26)17-10-12-18(13-11-17)24-15-6-3-7-16-24/h1,4-5,8-13,21,23H,3,6-7,14-16H2. The van der Waals surface area contributed by atoms with Gasteiger partial charge in [-0.1, -0.05) is 30.2 Å². The minimum absolute atomic E-state index is 0.0255. The number of nitrogens with zero attached hydrogens (tertiary/aromatic N) is 2. The fraction of sp³-hybridized carbons (Fsp3) is 0.318. The highest BCUT2D eigenvalue weighted by Crippen LogP contribution is 2.33. The number of carbonyl (C=O) groups excluding carboxylic acids is 1. The van der Waals surface area contributed by atoms with Gasteiger partial charge in [0.2, 0.25) is 0 Å². The maximum absolute atomic E-state index is 12.9. The summed E-state index contributed by atoms with van der Waals surface area (Å²) in [5.41, 5.74) is 3.82. The number of anilines is 2. The number of amides is 1. The SMILES string of the molecule is C#CCN1C(=O)c2ccccc2NC1c1ccc(N2CCCCC2)cc1. The third kappa shape index (κ3) is 3.01. The van der Waals surface area contributed by atoms with Crippen LogP contribution < -0.4 is 10.2 Å². The van der Waals surface area contributed by atoms with Crippen LogP contribution >= 0.6 is 0 Å². The van der Waals surface area contributed by atoms with E-state index in [0.29, 0.717) is 5.56 Å². The van der Waals surface area contributed by atoms with E-state index in [-0.39, 0.29) is 18.6 Å². The molecule has 0 aromatic heterocycles. The first-order chi connectivity index (χ1) is 12.8. The molecule has 26 heavy (non-hydrogen) atoms. The van der Waals surface area contributed by atoms with Crippen molar-refractivity contribution >= 4 is 17.3 Å². The van der Waals surface area contributed by atoms with E-state index in [1.165, 1.54) is 24.9 Å². The Balaban J connectivity index is 1.63. The quantitative estimate of drug-likeness (QED) is 0.858. The molecule has 0 saturated carbocycles. The van der Waals surface area contributed by atoms with Gasteiger partial charge in [-0.3, -0.25) is 4.79 Å². The molecule has 0 spiro atoms. The predicted molar refractivity (Wildman–Crippen MR) is 105 cm³/mol. The molecule has 2 aromatic rings. The van der Waals surface area contributed by atoms with Gasteiger partial charge in [-0.25, -0.2) is 0 Å². The second-order valence-corrected chi connectivity index (χ2v) is 6.87. The highest BCUT2D eigenvalue weighted by molar-refractivity contribution is 6.01. The molecule has 0 radical (unpaired) electrons. The highest BCUT2D eigenvalue weighted by Gasteiger charge is 2.32. The maximum Gasteiger partial charge on any atom is 0.258 e. The Morgan fingerprint density at radius 2 is 1.77 bits per heavy atom. The van der Waals surface area contributed by atoms with E-state index in [4.69, 9.17) is 6.42 Å². The fourth-order valence-corrected chi connectivity index (χ4v) is 3.84. The Morgan fingerprint density at radius 3 is 2.50 bits per heavy atom. The van der Waals surface area contributed by atoms with Gasteiger partial charge in [-0.05, 0) is 49.1 Å². The van der Waals surface area contributed by atoms with Crippen molar-refractivity contribution in [1.82, 2.24) is 4.90 Å². The molecule has 4 heteroatoms. The van der Waals surface area contributed by atoms with E-state index in [1.54, 1.807) is 4.90 Å². The first kappa shape index (κ1) is 16.5. The number of nitrogens with one attached hydrogen (secondary N) is 1. The van der Waals surface area contributed by atoms with Gasteiger partial charge in [0, 0.05) is 24.5 Å². The van der Waals surface area contributed by atoms with Gasteiger partial charge in [0.05, 0.1) is 12.1 Å². The molecule has 4 rings (SSSR count). The Hall–Kier alpha value is -2.93. The summed E-state index contributed by atoms with van der Waals surface area (Å²) >= 11 is 0. The second kappa shape index (κ2) is 7.13. The molecule has 1 N–H and O–H groups in total. The molecule has 1 fully saturated rings. The first-order valence-corrected chi connectivity index (χ1v) is 9.23. The third-order valence-electron chi connectivity index (χ3n) is 5.21. The number of piperidine rings is 1. The van der Waals surface area contributed by atoms with E-state index < -0.39 is 0 Å². The third-order valence-corrected chi connectivity index (χ3v) is 5.21.